The van der Waals surface area contributed by atoms with Gasteiger partial charge in [-0.25, -0.2) is 8.78 Å². The molecule has 0 spiro atoms. The molecule has 194 valence electrons. The van der Waals surface area contributed by atoms with E-state index in [-0.39, 0.29) is 52.8 Å². The van der Waals surface area contributed by atoms with Crippen LogP contribution in [0.5, 0.6) is 0 Å². The van der Waals surface area contributed by atoms with Gasteiger partial charge in [0.25, 0.3) is 0 Å². The summed E-state index contributed by atoms with van der Waals surface area (Å²) < 4.78 is 38.4. The number of rotatable bonds is 5. The number of halogens is 3. The fourth-order valence-electron chi connectivity index (χ4n) is 7.88. The van der Waals surface area contributed by atoms with Gasteiger partial charge in [-0.3, -0.25) is 14.4 Å². The number of esters is 1. The monoisotopic (exact) mass is 530 g/mol. The van der Waals surface area contributed by atoms with E-state index in [1.807, 2.05) is 13.8 Å². The Balaban J connectivity index is 1.78. The van der Waals surface area contributed by atoms with Crippen LogP contribution in [0, 0.1) is 34.5 Å². The van der Waals surface area contributed by atoms with Crippen LogP contribution >= 0.6 is 23.4 Å². The summed E-state index contributed by atoms with van der Waals surface area (Å²) in [5.74, 6) is -2.71. The molecule has 5 nitrogen and oxygen atoms in total. The van der Waals surface area contributed by atoms with E-state index < -0.39 is 52.7 Å². The first-order chi connectivity index (χ1) is 16.3. The van der Waals surface area contributed by atoms with Gasteiger partial charge in [0.15, 0.2) is 17.6 Å². The number of carbonyl (C=O) groups excluding carboxylic acids is 3. The summed E-state index contributed by atoms with van der Waals surface area (Å²) in [4.78, 5) is 37.3. The van der Waals surface area contributed by atoms with E-state index in [0.29, 0.717) is 6.42 Å². The lowest BCUT2D eigenvalue weighted by Gasteiger charge is -2.62. The van der Waals surface area contributed by atoms with Crippen LogP contribution in [0.25, 0.3) is 0 Å². The summed E-state index contributed by atoms with van der Waals surface area (Å²) in [5.41, 5.74) is -4.32. The van der Waals surface area contributed by atoms with Crippen LogP contribution in [0.1, 0.15) is 53.4 Å². The fourth-order valence-corrected chi connectivity index (χ4v) is 8.67. The molecule has 10 atom stereocenters. The van der Waals surface area contributed by atoms with Gasteiger partial charge in [-0.1, -0.05) is 38.6 Å². The number of hydrogen-bond acceptors (Lipinski definition) is 6. The van der Waals surface area contributed by atoms with Gasteiger partial charge in [0, 0.05) is 23.7 Å². The molecule has 35 heavy (non-hydrogen) atoms. The molecular formula is C26H33ClF2O5S. The maximum atomic E-state index is 17.2. The lowest BCUT2D eigenvalue weighted by molar-refractivity contribution is -0.208. The van der Waals surface area contributed by atoms with Gasteiger partial charge in [0.05, 0.1) is 11.3 Å². The SMILES string of the molecule is CCC(=O)O[C@@H](C(=O)SCCl)C1[C@H](C)CC2C3C[C@H](F)C4=CC(=O)C=C[C@]4(C)[C@@]3(F)[C@@H](O)C[C@@]21C. The number of aliphatic hydroxyl groups excluding tert-OH is 1. The van der Waals surface area contributed by atoms with Gasteiger partial charge < -0.3 is 9.84 Å². The van der Waals surface area contributed by atoms with E-state index in [2.05, 4.69) is 0 Å². The first-order valence-electron chi connectivity index (χ1n) is 12.2. The normalized spacial score (nSPS) is 45.1. The highest BCUT2D eigenvalue weighted by Crippen LogP contribution is 2.70. The summed E-state index contributed by atoms with van der Waals surface area (Å²) in [5, 5.41) is 11.1. The molecule has 4 aliphatic rings. The predicted octanol–water partition coefficient (Wildman–Crippen LogP) is 4.95. The topological polar surface area (TPSA) is 80.7 Å². The third kappa shape index (κ3) is 3.84. The Labute approximate surface area is 214 Å². The molecule has 0 bridgehead atoms. The van der Waals surface area contributed by atoms with Crippen molar-refractivity contribution in [3.63, 3.8) is 0 Å². The van der Waals surface area contributed by atoms with Gasteiger partial charge in [-0.15, -0.1) is 11.6 Å². The third-order valence-corrected chi connectivity index (χ3v) is 10.3. The van der Waals surface area contributed by atoms with Crippen molar-refractivity contribution in [2.75, 3.05) is 5.21 Å². The molecule has 3 unspecified atom stereocenters. The molecule has 0 heterocycles. The second-order valence-electron chi connectivity index (χ2n) is 11.0. The number of carbonyl (C=O) groups is 3. The van der Waals surface area contributed by atoms with Gasteiger partial charge >= 0.3 is 5.97 Å². The number of ketones is 1. The second kappa shape index (κ2) is 9.25. The lowest BCUT2D eigenvalue weighted by Crippen LogP contribution is -2.68. The number of aliphatic hydroxyl groups is 1. The highest BCUT2D eigenvalue weighted by atomic mass is 35.5. The number of fused-ring (bicyclic) bond motifs is 5. The molecule has 3 saturated carbocycles. The number of thioether (sulfide) groups is 1. The smallest absolute Gasteiger partial charge is 0.306 e. The summed E-state index contributed by atoms with van der Waals surface area (Å²) >= 11 is 6.66. The van der Waals surface area contributed by atoms with E-state index >= 15 is 8.78 Å². The quantitative estimate of drug-likeness (QED) is 0.400. The summed E-state index contributed by atoms with van der Waals surface area (Å²) in [6.45, 7) is 7.05. The van der Waals surface area contributed by atoms with Gasteiger partial charge in [-0.2, -0.15) is 0 Å². The Morgan fingerprint density at radius 2 is 2.00 bits per heavy atom. The van der Waals surface area contributed by atoms with Crippen LogP contribution in [0.4, 0.5) is 8.78 Å². The summed E-state index contributed by atoms with van der Waals surface area (Å²) in [7, 11) is 0. The zero-order chi connectivity index (χ0) is 25.9. The highest BCUT2D eigenvalue weighted by molar-refractivity contribution is 8.14. The minimum absolute atomic E-state index is 0.00114. The molecule has 1 N–H and O–H groups in total. The van der Waals surface area contributed by atoms with Crippen LogP contribution < -0.4 is 0 Å². The lowest BCUT2D eigenvalue weighted by atomic mass is 9.44. The number of ether oxygens (including phenoxy) is 1. The Bertz CT molecular complexity index is 987. The first-order valence-corrected chi connectivity index (χ1v) is 13.8. The van der Waals surface area contributed by atoms with Gasteiger partial charge in [0.2, 0.25) is 5.12 Å². The minimum Gasteiger partial charge on any atom is -0.453 e. The number of allylic oxidation sites excluding steroid dienone is 4. The minimum atomic E-state index is -2.18. The zero-order valence-electron chi connectivity index (χ0n) is 20.4. The predicted molar refractivity (Wildman–Crippen MR) is 130 cm³/mol. The maximum Gasteiger partial charge on any atom is 0.306 e. The molecule has 0 aliphatic heterocycles. The molecule has 3 fully saturated rings. The second-order valence-corrected chi connectivity index (χ2v) is 12.6. The van der Waals surface area contributed by atoms with E-state index in [1.165, 1.54) is 18.2 Å². The molecule has 0 amide bonds. The van der Waals surface area contributed by atoms with Crippen LogP contribution in [0.3, 0.4) is 0 Å². The van der Waals surface area contributed by atoms with Crippen molar-refractivity contribution in [2.24, 2.45) is 34.5 Å². The Hall–Kier alpha value is -1.25. The Morgan fingerprint density at radius 3 is 2.63 bits per heavy atom. The van der Waals surface area contributed by atoms with E-state index in [4.69, 9.17) is 16.3 Å². The molecule has 0 aromatic rings. The van der Waals surface area contributed by atoms with Crippen molar-refractivity contribution in [1.82, 2.24) is 0 Å². The molecule has 0 saturated heterocycles. The van der Waals surface area contributed by atoms with Crippen LogP contribution in [-0.2, 0) is 19.1 Å². The third-order valence-electron chi connectivity index (χ3n) is 9.37. The van der Waals surface area contributed by atoms with Gasteiger partial charge in [-0.05, 0) is 61.2 Å². The van der Waals surface area contributed by atoms with Gasteiger partial charge in [0.1, 0.15) is 6.17 Å². The van der Waals surface area contributed by atoms with Crippen molar-refractivity contribution in [2.45, 2.75) is 77.4 Å². The maximum absolute atomic E-state index is 17.2. The Kier molecular flexibility index (Phi) is 7.08. The highest BCUT2D eigenvalue weighted by Gasteiger charge is 2.73. The molecule has 4 aliphatic carbocycles. The average Bonchev–Trinajstić information content (AvgIpc) is 3.05. The Morgan fingerprint density at radius 1 is 1.31 bits per heavy atom. The zero-order valence-corrected chi connectivity index (χ0v) is 22.0. The van der Waals surface area contributed by atoms with Crippen molar-refractivity contribution in [3.8, 4) is 0 Å². The van der Waals surface area contributed by atoms with Crippen molar-refractivity contribution in [1.29, 1.82) is 0 Å². The van der Waals surface area contributed by atoms with Crippen molar-refractivity contribution < 1.29 is 33.0 Å². The molecule has 0 radical (unpaired) electrons. The molecular weight excluding hydrogens is 498 g/mol. The average molecular weight is 531 g/mol. The molecule has 0 aromatic heterocycles. The van der Waals surface area contributed by atoms with E-state index in [1.54, 1.807) is 13.8 Å². The molecule has 4 rings (SSSR count). The van der Waals surface area contributed by atoms with Crippen molar-refractivity contribution in [3.05, 3.63) is 23.8 Å². The molecule has 9 heteroatoms. The number of hydrogen-bond donors (Lipinski definition) is 1. The number of alkyl halides is 3. The summed E-state index contributed by atoms with van der Waals surface area (Å²) in [6, 6.07) is 0. The van der Waals surface area contributed by atoms with Crippen LogP contribution in [0.15, 0.2) is 23.8 Å². The van der Waals surface area contributed by atoms with E-state index in [9.17, 15) is 19.5 Å². The summed E-state index contributed by atoms with van der Waals surface area (Å²) in [6.07, 6.45) is 0.252. The van der Waals surface area contributed by atoms with E-state index in [0.717, 1.165) is 11.8 Å². The fraction of sp³-hybridized carbons (Fsp3) is 0.731. The van der Waals surface area contributed by atoms with Crippen LogP contribution in [-0.4, -0.2) is 51.2 Å². The standard InChI is InChI=1S/C26H33ClF2O5S/c1-5-20(32)34-22(23(33)35-12-27)21-13(2)8-15-16-10-18(28)17-9-14(30)6-7-25(17,4)26(16,29)19(31)11-24(15,21)3/h6-7,9,13,15-16,18-19,21-22,31H,5,8,10-12H2,1-4H3/t13-,15?,16?,18+,19+,21?,22-,24+,25+,26+/m1/s1. The largest absolute Gasteiger partial charge is 0.453 e. The van der Waals surface area contributed by atoms with Crippen LogP contribution in [0.2, 0.25) is 0 Å². The molecule has 0 aromatic carbocycles. The first kappa shape index (κ1) is 26.8. The van der Waals surface area contributed by atoms with Crippen molar-refractivity contribution >= 4 is 40.2 Å².